The van der Waals surface area contributed by atoms with Gasteiger partial charge in [-0.05, 0) is 12.1 Å². The number of nitro benzene ring substituents is 1. The Morgan fingerprint density at radius 2 is 1.71 bits per heavy atom. The molecule has 9 nitrogen and oxygen atoms in total. The zero-order chi connectivity index (χ0) is 16.2. The summed E-state index contributed by atoms with van der Waals surface area (Å²) in [7, 11) is 2.02. The Hall–Kier alpha value is -2.97. The van der Waals surface area contributed by atoms with Crippen LogP contribution in [0.2, 0.25) is 0 Å². The largest absolute Gasteiger partial charge is 0.478 e. The van der Waals surface area contributed by atoms with Gasteiger partial charge in [-0.3, -0.25) is 19.7 Å². The fourth-order valence-electron chi connectivity index (χ4n) is 1.66. The van der Waals surface area contributed by atoms with Gasteiger partial charge < -0.3 is 14.6 Å². The number of benzene rings is 1. The topological polar surface area (TPSA) is 133 Å². The lowest BCUT2D eigenvalue weighted by atomic mass is 9.96. The summed E-state index contributed by atoms with van der Waals surface area (Å²) in [6.45, 7) is 0. The molecule has 0 heterocycles. The number of carboxylic acid groups (broad SMARTS) is 1. The normalized spacial score (nSPS) is 10.0. The van der Waals surface area contributed by atoms with Crippen LogP contribution >= 0.6 is 0 Å². The van der Waals surface area contributed by atoms with Crippen molar-refractivity contribution in [1.29, 1.82) is 0 Å². The highest BCUT2D eigenvalue weighted by Gasteiger charge is 2.36. The summed E-state index contributed by atoms with van der Waals surface area (Å²) < 4.78 is 8.85. The number of carboxylic acids is 1. The lowest BCUT2D eigenvalue weighted by Crippen LogP contribution is -2.25. The van der Waals surface area contributed by atoms with Gasteiger partial charge in [0.05, 0.1) is 30.3 Å². The molecule has 1 rings (SSSR count). The van der Waals surface area contributed by atoms with E-state index in [0.29, 0.717) is 0 Å². The zero-order valence-electron chi connectivity index (χ0n) is 11.1. The maximum Gasteiger partial charge on any atom is 0.335 e. The lowest BCUT2D eigenvalue weighted by Gasteiger charge is -2.13. The molecule has 0 saturated carbocycles. The minimum Gasteiger partial charge on any atom is -0.478 e. The van der Waals surface area contributed by atoms with Crippen molar-refractivity contribution in [2.75, 3.05) is 14.2 Å². The van der Waals surface area contributed by atoms with Crippen LogP contribution in [0.4, 0.5) is 5.69 Å². The average molecular weight is 297 g/mol. The van der Waals surface area contributed by atoms with Crippen LogP contribution in [0.5, 0.6) is 0 Å². The van der Waals surface area contributed by atoms with Crippen molar-refractivity contribution in [1.82, 2.24) is 0 Å². The van der Waals surface area contributed by atoms with Crippen molar-refractivity contribution in [3.8, 4) is 0 Å². The fraction of sp³-hybridized carbons (Fsp3) is 0.250. The van der Waals surface area contributed by atoms with Crippen LogP contribution in [0.15, 0.2) is 18.2 Å². The van der Waals surface area contributed by atoms with Crippen LogP contribution in [0.25, 0.3) is 0 Å². The number of nitrogens with zero attached hydrogens (tertiary/aromatic N) is 1. The van der Waals surface area contributed by atoms with Gasteiger partial charge in [0.2, 0.25) is 0 Å². The molecule has 0 spiro atoms. The summed E-state index contributed by atoms with van der Waals surface area (Å²) >= 11 is 0. The highest BCUT2D eigenvalue weighted by atomic mass is 16.6. The number of carbonyl (C=O) groups is 3. The zero-order valence-corrected chi connectivity index (χ0v) is 11.1. The summed E-state index contributed by atoms with van der Waals surface area (Å²) in [4.78, 5) is 44.3. The van der Waals surface area contributed by atoms with Gasteiger partial charge in [-0.2, -0.15) is 0 Å². The average Bonchev–Trinajstić information content (AvgIpc) is 2.46. The van der Waals surface area contributed by atoms with E-state index in [1.807, 2.05) is 0 Å². The molecule has 0 fully saturated rings. The third-order valence-corrected chi connectivity index (χ3v) is 2.66. The van der Waals surface area contributed by atoms with Gasteiger partial charge in [-0.15, -0.1) is 0 Å². The summed E-state index contributed by atoms with van der Waals surface area (Å²) in [6, 6.07) is 2.82. The quantitative estimate of drug-likeness (QED) is 0.364. The Morgan fingerprint density at radius 3 is 2.10 bits per heavy atom. The highest BCUT2D eigenvalue weighted by molar-refractivity contribution is 6.02. The van der Waals surface area contributed by atoms with E-state index < -0.39 is 34.4 Å². The second-order valence-corrected chi connectivity index (χ2v) is 3.82. The minimum absolute atomic E-state index is 0.302. The molecular weight excluding hydrogens is 286 g/mol. The van der Waals surface area contributed by atoms with E-state index in [9.17, 15) is 24.5 Å². The summed E-state index contributed by atoms with van der Waals surface area (Å²) in [5.41, 5.74) is -1.33. The Bertz CT molecular complexity index is 593. The van der Waals surface area contributed by atoms with Crippen LogP contribution in [0.3, 0.4) is 0 Å². The van der Waals surface area contributed by atoms with Gasteiger partial charge in [0.15, 0.2) is 5.92 Å². The monoisotopic (exact) mass is 297 g/mol. The van der Waals surface area contributed by atoms with E-state index in [2.05, 4.69) is 9.47 Å². The molecule has 0 aromatic heterocycles. The molecule has 1 aromatic rings. The Balaban J connectivity index is 3.50. The summed E-state index contributed by atoms with van der Waals surface area (Å²) in [5.74, 6) is -5.14. The molecular formula is C12H11NO8. The third-order valence-electron chi connectivity index (χ3n) is 2.66. The third kappa shape index (κ3) is 3.32. The van der Waals surface area contributed by atoms with Crippen LogP contribution < -0.4 is 0 Å². The number of carbonyl (C=O) groups excluding carboxylic acids is 2. The summed E-state index contributed by atoms with van der Waals surface area (Å²) in [5, 5.41) is 19.9. The number of hydrogen-bond acceptors (Lipinski definition) is 7. The van der Waals surface area contributed by atoms with E-state index in [4.69, 9.17) is 5.11 Å². The van der Waals surface area contributed by atoms with Crippen molar-refractivity contribution < 1.29 is 33.9 Å². The number of methoxy groups -OCH3 is 2. The first-order chi connectivity index (χ1) is 9.83. The fourth-order valence-corrected chi connectivity index (χ4v) is 1.66. The molecule has 0 unspecified atom stereocenters. The van der Waals surface area contributed by atoms with E-state index in [1.165, 1.54) is 0 Å². The molecule has 112 valence electrons. The molecule has 0 amide bonds. The second kappa shape index (κ2) is 6.46. The predicted molar refractivity (Wildman–Crippen MR) is 66.8 cm³/mol. The first-order valence-electron chi connectivity index (χ1n) is 5.50. The molecule has 0 atom stereocenters. The minimum atomic E-state index is -1.66. The molecule has 0 saturated heterocycles. The van der Waals surface area contributed by atoms with Crippen molar-refractivity contribution in [3.05, 3.63) is 39.4 Å². The van der Waals surface area contributed by atoms with Crippen LogP contribution in [-0.4, -0.2) is 42.2 Å². The van der Waals surface area contributed by atoms with Crippen molar-refractivity contribution in [2.45, 2.75) is 5.92 Å². The number of aromatic carboxylic acids is 1. The molecule has 21 heavy (non-hydrogen) atoms. The summed E-state index contributed by atoms with van der Waals surface area (Å²) in [6.07, 6.45) is 0. The number of rotatable bonds is 5. The first-order valence-corrected chi connectivity index (χ1v) is 5.50. The van der Waals surface area contributed by atoms with Gasteiger partial charge in [-0.25, -0.2) is 4.79 Å². The molecule has 0 aliphatic carbocycles. The first kappa shape index (κ1) is 16.1. The Labute approximate surface area is 118 Å². The van der Waals surface area contributed by atoms with E-state index in [1.54, 1.807) is 0 Å². The number of esters is 2. The van der Waals surface area contributed by atoms with Crippen LogP contribution in [0.1, 0.15) is 21.8 Å². The number of hydrogen-bond donors (Lipinski definition) is 1. The Kier molecular flexibility index (Phi) is 4.95. The molecule has 0 aliphatic heterocycles. The molecule has 0 radical (unpaired) electrons. The van der Waals surface area contributed by atoms with Crippen molar-refractivity contribution in [2.24, 2.45) is 0 Å². The van der Waals surface area contributed by atoms with Gasteiger partial charge in [0.25, 0.3) is 5.69 Å². The Morgan fingerprint density at radius 1 is 1.19 bits per heavy atom. The molecule has 0 bridgehead atoms. The second-order valence-electron chi connectivity index (χ2n) is 3.82. The SMILES string of the molecule is COC(=O)C(C(=O)OC)c1ccc(C(=O)O)cc1[N+](=O)[O-]. The molecule has 1 N–H and O–H groups in total. The van der Waals surface area contributed by atoms with E-state index in [0.717, 1.165) is 32.4 Å². The van der Waals surface area contributed by atoms with Gasteiger partial charge in [0, 0.05) is 6.07 Å². The van der Waals surface area contributed by atoms with Crippen LogP contribution in [-0.2, 0) is 19.1 Å². The molecule has 0 aliphatic rings. The van der Waals surface area contributed by atoms with E-state index >= 15 is 0 Å². The highest BCUT2D eigenvalue weighted by Crippen LogP contribution is 2.29. The lowest BCUT2D eigenvalue weighted by molar-refractivity contribution is -0.385. The standard InChI is InChI=1S/C12H11NO8/c1-20-11(16)9(12(17)21-2)7-4-3-6(10(14)15)5-8(7)13(18)19/h3-5,9H,1-2H3,(H,14,15). The van der Waals surface area contributed by atoms with Gasteiger partial charge in [-0.1, -0.05) is 0 Å². The van der Waals surface area contributed by atoms with Crippen molar-refractivity contribution >= 4 is 23.6 Å². The van der Waals surface area contributed by atoms with Gasteiger partial charge in [0.1, 0.15) is 0 Å². The predicted octanol–water partition coefficient (Wildman–Crippen LogP) is 0.723. The molecule has 9 heteroatoms. The van der Waals surface area contributed by atoms with Crippen LogP contribution in [0, 0.1) is 10.1 Å². The maximum absolute atomic E-state index is 11.6. The maximum atomic E-state index is 11.6. The smallest absolute Gasteiger partial charge is 0.335 e. The number of ether oxygens (including phenoxy) is 2. The van der Waals surface area contributed by atoms with Gasteiger partial charge >= 0.3 is 17.9 Å². The molecule has 1 aromatic carbocycles. The number of nitro groups is 1. The van der Waals surface area contributed by atoms with Crippen molar-refractivity contribution in [3.63, 3.8) is 0 Å². The van der Waals surface area contributed by atoms with E-state index in [-0.39, 0.29) is 11.1 Å².